The van der Waals surface area contributed by atoms with E-state index in [0.717, 1.165) is 12.8 Å². The molecule has 1 aliphatic heterocycles. The van der Waals surface area contributed by atoms with Crippen LogP contribution >= 0.6 is 0 Å². The largest absolute Gasteiger partial charge is 0.480 e. The highest BCUT2D eigenvalue weighted by Gasteiger charge is 2.28. The van der Waals surface area contributed by atoms with Gasteiger partial charge in [-0.05, 0) is 31.5 Å². The Morgan fingerprint density at radius 1 is 1.17 bits per heavy atom. The van der Waals surface area contributed by atoms with Crippen LogP contribution in [-0.4, -0.2) is 47.0 Å². The number of likely N-dealkylation sites (tertiary alicyclic amines) is 1. The fraction of sp³-hybridized carbons (Fsp3) is 0.438. The second-order valence-corrected chi connectivity index (χ2v) is 5.50. The molecule has 1 heterocycles. The molecule has 1 saturated heterocycles. The summed E-state index contributed by atoms with van der Waals surface area (Å²) in [5.41, 5.74) is 0.597. The Kier molecular flexibility index (Phi) is 6.10. The van der Waals surface area contributed by atoms with Crippen LogP contribution in [0.15, 0.2) is 30.3 Å². The normalized spacial score (nSPS) is 18.2. The van der Waals surface area contributed by atoms with Crippen molar-refractivity contribution >= 4 is 23.6 Å². The van der Waals surface area contributed by atoms with Crippen LogP contribution in [0.25, 0.3) is 0 Å². The number of benzene rings is 1. The molecular formula is C16H21N3O4. The number of aliphatic carboxylic acids is 1. The average Bonchev–Trinajstić information content (AvgIpc) is 2.54. The molecule has 0 aliphatic carbocycles. The quantitative estimate of drug-likeness (QED) is 0.766. The number of anilines is 1. The summed E-state index contributed by atoms with van der Waals surface area (Å²) in [6.07, 6.45) is 2.51. The summed E-state index contributed by atoms with van der Waals surface area (Å²) in [6, 6.07) is 7.69. The Morgan fingerprint density at radius 3 is 2.61 bits per heavy atom. The van der Waals surface area contributed by atoms with E-state index in [4.69, 9.17) is 0 Å². The van der Waals surface area contributed by atoms with Crippen molar-refractivity contribution in [1.82, 2.24) is 10.2 Å². The van der Waals surface area contributed by atoms with Gasteiger partial charge in [-0.3, -0.25) is 19.8 Å². The Hall–Kier alpha value is -2.41. The van der Waals surface area contributed by atoms with Crippen LogP contribution in [0.4, 0.5) is 10.5 Å². The molecule has 0 aromatic heterocycles. The Bertz CT molecular complexity index is 562. The Morgan fingerprint density at radius 2 is 1.91 bits per heavy atom. The number of carboxylic acids is 1. The summed E-state index contributed by atoms with van der Waals surface area (Å²) in [5.74, 6) is -1.28. The van der Waals surface area contributed by atoms with Gasteiger partial charge in [0.25, 0.3) is 0 Å². The van der Waals surface area contributed by atoms with Crippen molar-refractivity contribution < 1.29 is 19.5 Å². The lowest BCUT2D eigenvalue weighted by Crippen LogP contribution is -2.46. The smallest absolute Gasteiger partial charge is 0.325 e. The van der Waals surface area contributed by atoms with Crippen LogP contribution in [-0.2, 0) is 9.59 Å². The highest BCUT2D eigenvalue weighted by Crippen LogP contribution is 2.17. The van der Waals surface area contributed by atoms with Crippen LogP contribution < -0.4 is 10.6 Å². The fourth-order valence-electron chi connectivity index (χ4n) is 2.66. The van der Waals surface area contributed by atoms with Gasteiger partial charge in [-0.1, -0.05) is 24.6 Å². The topological polar surface area (TPSA) is 98.7 Å². The van der Waals surface area contributed by atoms with E-state index in [1.807, 2.05) is 6.07 Å². The minimum absolute atomic E-state index is 0.0893. The monoisotopic (exact) mass is 319 g/mol. The molecule has 23 heavy (non-hydrogen) atoms. The van der Waals surface area contributed by atoms with Crippen LogP contribution in [0.1, 0.15) is 25.7 Å². The van der Waals surface area contributed by atoms with Gasteiger partial charge in [0, 0.05) is 18.7 Å². The molecule has 1 aliphatic rings. The first-order valence-electron chi connectivity index (χ1n) is 7.69. The van der Waals surface area contributed by atoms with Crippen LogP contribution in [0.5, 0.6) is 0 Å². The standard InChI is InChI=1S/C16H21N3O4/c20-14(18-16(23)17-12-6-2-1-3-7-12)9-11-19-10-5-4-8-13(19)15(21)22/h1-3,6-7,13H,4-5,8-11H2,(H,21,22)(H2,17,18,20,23). The fourth-order valence-corrected chi connectivity index (χ4v) is 2.66. The summed E-state index contributed by atoms with van der Waals surface area (Å²) in [5, 5.41) is 14.0. The van der Waals surface area contributed by atoms with Gasteiger partial charge in [0.2, 0.25) is 5.91 Å². The molecule has 1 fully saturated rings. The van der Waals surface area contributed by atoms with Crippen molar-refractivity contribution in [2.45, 2.75) is 31.7 Å². The molecule has 3 amide bonds. The molecule has 2 rings (SSSR count). The number of imide groups is 1. The molecule has 3 N–H and O–H groups in total. The molecule has 1 aromatic rings. The lowest BCUT2D eigenvalue weighted by molar-refractivity contribution is -0.145. The number of piperidine rings is 1. The van der Waals surface area contributed by atoms with Crippen LogP contribution in [0, 0.1) is 0 Å². The molecular weight excluding hydrogens is 298 g/mol. The maximum absolute atomic E-state index is 11.8. The molecule has 0 bridgehead atoms. The number of carboxylic acid groups (broad SMARTS) is 1. The van der Waals surface area contributed by atoms with E-state index in [2.05, 4.69) is 10.6 Å². The number of carbonyl (C=O) groups is 3. The van der Waals surface area contributed by atoms with Crippen molar-refractivity contribution in [3.05, 3.63) is 30.3 Å². The molecule has 1 unspecified atom stereocenters. The second kappa shape index (κ2) is 8.28. The van der Waals surface area contributed by atoms with Gasteiger partial charge < -0.3 is 10.4 Å². The number of urea groups is 1. The molecule has 1 atom stereocenters. The number of nitrogens with one attached hydrogen (secondary N) is 2. The van der Waals surface area contributed by atoms with E-state index in [1.54, 1.807) is 29.2 Å². The third kappa shape index (κ3) is 5.37. The SMILES string of the molecule is O=C(CCN1CCCCC1C(=O)O)NC(=O)Nc1ccccc1. The van der Waals surface area contributed by atoms with E-state index in [9.17, 15) is 19.5 Å². The van der Waals surface area contributed by atoms with Crippen molar-refractivity contribution in [2.24, 2.45) is 0 Å². The van der Waals surface area contributed by atoms with Gasteiger partial charge in [-0.15, -0.1) is 0 Å². The predicted molar refractivity (Wildman–Crippen MR) is 85.1 cm³/mol. The average molecular weight is 319 g/mol. The molecule has 0 radical (unpaired) electrons. The van der Waals surface area contributed by atoms with E-state index < -0.39 is 23.9 Å². The summed E-state index contributed by atoms with van der Waals surface area (Å²) in [4.78, 5) is 36.5. The summed E-state index contributed by atoms with van der Waals surface area (Å²) >= 11 is 0. The van der Waals surface area contributed by atoms with Gasteiger partial charge in [-0.2, -0.15) is 0 Å². The number of para-hydroxylation sites is 1. The van der Waals surface area contributed by atoms with Crippen molar-refractivity contribution in [3.8, 4) is 0 Å². The molecule has 0 spiro atoms. The van der Waals surface area contributed by atoms with Crippen LogP contribution in [0.2, 0.25) is 0 Å². The molecule has 1 aromatic carbocycles. The van der Waals surface area contributed by atoms with Gasteiger partial charge in [0.15, 0.2) is 0 Å². The lowest BCUT2D eigenvalue weighted by Gasteiger charge is -2.32. The van der Waals surface area contributed by atoms with E-state index in [1.165, 1.54) is 0 Å². The zero-order valence-electron chi connectivity index (χ0n) is 12.8. The summed E-state index contributed by atoms with van der Waals surface area (Å²) in [6.45, 7) is 1.00. The molecule has 0 saturated carbocycles. The van der Waals surface area contributed by atoms with E-state index in [-0.39, 0.29) is 6.42 Å². The number of nitrogens with zero attached hydrogens (tertiary/aromatic N) is 1. The zero-order chi connectivity index (χ0) is 16.7. The first-order chi connectivity index (χ1) is 11.1. The molecule has 124 valence electrons. The summed E-state index contributed by atoms with van der Waals surface area (Å²) in [7, 11) is 0. The predicted octanol–water partition coefficient (Wildman–Crippen LogP) is 1.66. The lowest BCUT2D eigenvalue weighted by atomic mass is 10.0. The van der Waals surface area contributed by atoms with Crippen molar-refractivity contribution in [3.63, 3.8) is 0 Å². The highest BCUT2D eigenvalue weighted by atomic mass is 16.4. The maximum Gasteiger partial charge on any atom is 0.325 e. The van der Waals surface area contributed by atoms with Crippen LogP contribution in [0.3, 0.4) is 0 Å². The third-order valence-electron chi connectivity index (χ3n) is 3.81. The van der Waals surface area contributed by atoms with E-state index in [0.29, 0.717) is 25.2 Å². The first kappa shape index (κ1) is 17.0. The second-order valence-electron chi connectivity index (χ2n) is 5.50. The van der Waals surface area contributed by atoms with Crippen molar-refractivity contribution in [1.29, 1.82) is 0 Å². The summed E-state index contributed by atoms with van der Waals surface area (Å²) < 4.78 is 0. The van der Waals surface area contributed by atoms with Gasteiger partial charge in [0.1, 0.15) is 6.04 Å². The molecule has 7 heteroatoms. The van der Waals surface area contributed by atoms with Gasteiger partial charge >= 0.3 is 12.0 Å². The minimum atomic E-state index is -0.855. The Labute approximate surface area is 134 Å². The number of hydrogen-bond acceptors (Lipinski definition) is 4. The highest BCUT2D eigenvalue weighted by molar-refractivity contribution is 6.01. The van der Waals surface area contributed by atoms with Gasteiger partial charge in [-0.25, -0.2) is 4.79 Å². The zero-order valence-corrected chi connectivity index (χ0v) is 12.8. The van der Waals surface area contributed by atoms with Crippen molar-refractivity contribution in [2.75, 3.05) is 18.4 Å². The number of hydrogen-bond donors (Lipinski definition) is 3. The first-order valence-corrected chi connectivity index (χ1v) is 7.69. The van der Waals surface area contributed by atoms with E-state index >= 15 is 0 Å². The minimum Gasteiger partial charge on any atom is -0.480 e. The number of amides is 3. The maximum atomic E-state index is 11.8. The number of carbonyl (C=O) groups excluding carboxylic acids is 2. The molecule has 7 nitrogen and oxygen atoms in total. The number of rotatable bonds is 5. The Balaban J connectivity index is 1.76. The van der Waals surface area contributed by atoms with Gasteiger partial charge in [0.05, 0.1) is 0 Å². The third-order valence-corrected chi connectivity index (χ3v) is 3.81.